The van der Waals surface area contributed by atoms with Gasteiger partial charge in [-0.3, -0.25) is 9.97 Å². The largest absolute Gasteiger partial charge is 0.254 e. The number of aryl methyl sites for hydroxylation is 1. The molecule has 0 atom stereocenters. The SMILES string of the molecule is Cc1sc(-c2ccccc2)cc1-c1c(-c2cc(-c3ccccc3)sc2C(C)C)c2cccnc2c2ncccc12. The van der Waals surface area contributed by atoms with E-state index in [1.54, 1.807) is 0 Å². The molecule has 0 radical (unpaired) electrons. The van der Waals surface area contributed by atoms with Gasteiger partial charge in [-0.25, -0.2) is 0 Å². The van der Waals surface area contributed by atoms with Crippen molar-refractivity contribution in [2.24, 2.45) is 0 Å². The summed E-state index contributed by atoms with van der Waals surface area (Å²) < 4.78 is 0. The van der Waals surface area contributed by atoms with Gasteiger partial charge in [-0.15, -0.1) is 22.7 Å². The van der Waals surface area contributed by atoms with Crippen LogP contribution in [0.25, 0.3) is 64.9 Å². The van der Waals surface area contributed by atoms with Crippen LogP contribution in [0.4, 0.5) is 0 Å². The highest BCUT2D eigenvalue weighted by molar-refractivity contribution is 7.16. The zero-order valence-corrected chi connectivity index (χ0v) is 24.3. The van der Waals surface area contributed by atoms with Crippen LogP contribution in [0.2, 0.25) is 0 Å². The molecule has 40 heavy (non-hydrogen) atoms. The second kappa shape index (κ2) is 10.1. The predicted molar refractivity (Wildman–Crippen MR) is 173 cm³/mol. The van der Waals surface area contributed by atoms with E-state index in [9.17, 15) is 0 Å². The maximum atomic E-state index is 4.89. The highest BCUT2D eigenvalue weighted by Gasteiger charge is 2.25. The highest BCUT2D eigenvalue weighted by atomic mass is 32.1. The van der Waals surface area contributed by atoms with Crippen LogP contribution in [0.5, 0.6) is 0 Å². The number of aromatic nitrogens is 2. The van der Waals surface area contributed by atoms with Crippen molar-refractivity contribution in [2.45, 2.75) is 26.7 Å². The Labute approximate surface area is 242 Å². The van der Waals surface area contributed by atoms with E-state index in [2.05, 4.69) is 118 Å². The fourth-order valence-electron chi connectivity index (χ4n) is 5.67. The molecule has 0 fully saturated rings. The Hall–Kier alpha value is -4.12. The lowest BCUT2D eigenvalue weighted by Gasteiger charge is -2.18. The number of benzene rings is 3. The van der Waals surface area contributed by atoms with Gasteiger partial charge < -0.3 is 0 Å². The first-order valence-electron chi connectivity index (χ1n) is 13.6. The van der Waals surface area contributed by atoms with Crippen molar-refractivity contribution in [3.05, 3.63) is 119 Å². The third kappa shape index (κ3) is 4.16. The van der Waals surface area contributed by atoms with E-state index < -0.39 is 0 Å². The van der Waals surface area contributed by atoms with Gasteiger partial charge in [0.25, 0.3) is 0 Å². The molecule has 2 nitrogen and oxygen atoms in total. The number of pyridine rings is 2. The first kappa shape index (κ1) is 24.9. The third-order valence-electron chi connectivity index (χ3n) is 7.49. The molecular weight excluding hydrogens is 525 g/mol. The number of hydrogen-bond donors (Lipinski definition) is 0. The van der Waals surface area contributed by atoms with Gasteiger partial charge in [0, 0.05) is 53.8 Å². The zero-order chi connectivity index (χ0) is 27.2. The molecule has 0 aliphatic carbocycles. The molecule has 0 bridgehead atoms. The number of fused-ring (bicyclic) bond motifs is 3. The Morgan fingerprint density at radius 3 is 1.62 bits per heavy atom. The Balaban J connectivity index is 1.61. The summed E-state index contributed by atoms with van der Waals surface area (Å²) >= 11 is 3.77. The van der Waals surface area contributed by atoms with E-state index in [-0.39, 0.29) is 0 Å². The maximum absolute atomic E-state index is 4.89. The quantitative estimate of drug-likeness (QED) is 0.198. The van der Waals surface area contributed by atoms with Crippen molar-refractivity contribution >= 4 is 44.5 Å². The fourth-order valence-corrected chi connectivity index (χ4v) is 7.88. The molecule has 4 heterocycles. The third-order valence-corrected chi connectivity index (χ3v) is 10.1. The van der Waals surface area contributed by atoms with Crippen LogP contribution in [0, 0.1) is 6.92 Å². The van der Waals surface area contributed by atoms with E-state index in [0.29, 0.717) is 5.92 Å². The van der Waals surface area contributed by atoms with Crippen LogP contribution in [0.3, 0.4) is 0 Å². The second-order valence-corrected chi connectivity index (χ2v) is 12.7. The molecule has 0 aliphatic heterocycles. The van der Waals surface area contributed by atoms with E-state index >= 15 is 0 Å². The van der Waals surface area contributed by atoms with Crippen molar-refractivity contribution in [1.82, 2.24) is 9.97 Å². The summed E-state index contributed by atoms with van der Waals surface area (Å²) in [6, 6.07) is 34.8. The summed E-state index contributed by atoms with van der Waals surface area (Å²) in [5.41, 5.74) is 9.48. The first-order valence-corrected chi connectivity index (χ1v) is 15.2. The van der Waals surface area contributed by atoms with Gasteiger partial charge in [-0.1, -0.05) is 86.6 Å². The number of hydrogen-bond acceptors (Lipinski definition) is 4. The van der Waals surface area contributed by atoms with Crippen molar-refractivity contribution in [3.8, 4) is 43.1 Å². The summed E-state index contributed by atoms with van der Waals surface area (Å²) in [5.74, 6) is 0.380. The molecule has 0 unspecified atom stereocenters. The van der Waals surface area contributed by atoms with Gasteiger partial charge >= 0.3 is 0 Å². The highest BCUT2D eigenvalue weighted by Crippen LogP contribution is 2.51. The molecule has 3 aromatic carbocycles. The average molecular weight is 553 g/mol. The molecule has 4 heteroatoms. The molecule has 7 rings (SSSR count). The predicted octanol–water partition coefficient (Wildman–Crippen LogP) is 11.0. The molecule has 0 saturated heterocycles. The summed E-state index contributed by atoms with van der Waals surface area (Å²) in [5, 5.41) is 2.29. The van der Waals surface area contributed by atoms with Gasteiger partial charge in [-0.05, 0) is 59.4 Å². The Bertz CT molecular complexity index is 1980. The van der Waals surface area contributed by atoms with Crippen molar-refractivity contribution in [3.63, 3.8) is 0 Å². The molecule has 0 amide bonds. The smallest absolute Gasteiger partial charge is 0.0971 e. The Morgan fingerprint density at radius 2 is 1.07 bits per heavy atom. The average Bonchev–Trinajstić information content (AvgIpc) is 3.62. The van der Waals surface area contributed by atoms with Crippen LogP contribution in [-0.2, 0) is 0 Å². The Morgan fingerprint density at radius 1 is 0.575 bits per heavy atom. The Kier molecular flexibility index (Phi) is 6.30. The topological polar surface area (TPSA) is 25.8 Å². The van der Waals surface area contributed by atoms with Crippen LogP contribution in [0.15, 0.2) is 109 Å². The van der Waals surface area contributed by atoms with Gasteiger partial charge in [0.05, 0.1) is 11.0 Å². The van der Waals surface area contributed by atoms with Crippen LogP contribution in [0.1, 0.15) is 29.5 Å². The van der Waals surface area contributed by atoms with Crippen molar-refractivity contribution in [1.29, 1.82) is 0 Å². The van der Waals surface area contributed by atoms with Crippen LogP contribution < -0.4 is 0 Å². The number of nitrogens with zero attached hydrogens (tertiary/aromatic N) is 2. The molecule has 7 aromatic rings. The normalized spacial score (nSPS) is 11.6. The molecular formula is C36H28N2S2. The number of rotatable bonds is 5. The van der Waals surface area contributed by atoms with E-state index in [1.807, 2.05) is 35.1 Å². The zero-order valence-electron chi connectivity index (χ0n) is 22.7. The standard InChI is InChI=1S/C36H28N2S2/c1-22(2)36-29(21-31(40-36)25-14-8-5-9-15-25)33-27-17-11-19-38-35(27)34-26(16-10-18-37-34)32(33)28-20-30(39-23(28)3)24-12-6-4-7-13-24/h4-22H,1-3H3. The van der Waals surface area contributed by atoms with E-state index in [1.165, 1.54) is 52.9 Å². The lowest BCUT2D eigenvalue weighted by Crippen LogP contribution is -1.96. The molecule has 0 saturated carbocycles. The summed E-state index contributed by atoms with van der Waals surface area (Å²) in [4.78, 5) is 15.0. The minimum absolute atomic E-state index is 0.380. The fraction of sp³-hybridized carbons (Fsp3) is 0.111. The summed E-state index contributed by atoms with van der Waals surface area (Å²) in [6.07, 6.45) is 3.77. The lowest BCUT2D eigenvalue weighted by atomic mass is 9.86. The molecule has 0 N–H and O–H groups in total. The van der Waals surface area contributed by atoms with E-state index in [4.69, 9.17) is 9.97 Å². The molecule has 194 valence electrons. The van der Waals surface area contributed by atoms with Crippen LogP contribution >= 0.6 is 22.7 Å². The minimum Gasteiger partial charge on any atom is -0.254 e. The van der Waals surface area contributed by atoms with Gasteiger partial charge in [0.1, 0.15) is 0 Å². The lowest BCUT2D eigenvalue weighted by molar-refractivity contribution is 0.892. The van der Waals surface area contributed by atoms with Crippen LogP contribution in [-0.4, -0.2) is 9.97 Å². The minimum atomic E-state index is 0.380. The molecule has 0 spiro atoms. The van der Waals surface area contributed by atoms with Gasteiger partial charge in [-0.2, -0.15) is 0 Å². The van der Waals surface area contributed by atoms with Crippen molar-refractivity contribution in [2.75, 3.05) is 0 Å². The summed E-state index contributed by atoms with van der Waals surface area (Å²) in [6.45, 7) is 6.85. The monoisotopic (exact) mass is 552 g/mol. The first-order chi connectivity index (χ1) is 19.6. The van der Waals surface area contributed by atoms with Crippen molar-refractivity contribution < 1.29 is 0 Å². The summed E-state index contributed by atoms with van der Waals surface area (Å²) in [7, 11) is 0. The molecule has 4 aromatic heterocycles. The second-order valence-electron chi connectivity index (χ2n) is 10.4. The molecule has 0 aliphatic rings. The van der Waals surface area contributed by atoms with E-state index in [0.717, 1.165) is 21.8 Å². The number of thiophene rings is 2. The van der Waals surface area contributed by atoms with Gasteiger partial charge in [0.15, 0.2) is 0 Å². The van der Waals surface area contributed by atoms with Gasteiger partial charge in [0.2, 0.25) is 0 Å². The maximum Gasteiger partial charge on any atom is 0.0971 e.